The molecule has 0 aliphatic carbocycles. The van der Waals surface area contributed by atoms with Gasteiger partial charge in [-0.2, -0.15) is 0 Å². The minimum absolute atomic E-state index is 0.0571. The van der Waals surface area contributed by atoms with Crippen LogP contribution in [0.15, 0.2) is 29.2 Å². The highest BCUT2D eigenvalue weighted by Crippen LogP contribution is 2.19. The SMILES string of the molecule is COC(=O)NNS(=O)(=O)c1ccccc1Cl. The molecule has 0 saturated carbocycles. The first kappa shape index (κ1) is 12.8. The van der Waals surface area contributed by atoms with Gasteiger partial charge in [0.1, 0.15) is 4.90 Å². The summed E-state index contributed by atoms with van der Waals surface area (Å²) in [6.07, 6.45) is -0.921. The fraction of sp³-hybridized carbons (Fsp3) is 0.125. The number of hydrazine groups is 1. The first-order valence-corrected chi connectivity index (χ1v) is 5.94. The zero-order chi connectivity index (χ0) is 12.2. The number of hydrogen-bond donors (Lipinski definition) is 2. The minimum Gasteiger partial charge on any atom is -0.452 e. The Labute approximate surface area is 97.6 Å². The molecule has 0 aliphatic rings. The number of nitrogens with one attached hydrogen (secondary N) is 2. The molecule has 0 fully saturated rings. The quantitative estimate of drug-likeness (QED) is 0.794. The van der Waals surface area contributed by atoms with Gasteiger partial charge in [-0.1, -0.05) is 23.7 Å². The molecule has 0 saturated heterocycles. The van der Waals surface area contributed by atoms with Gasteiger partial charge in [-0.25, -0.2) is 18.6 Å². The lowest BCUT2D eigenvalue weighted by Gasteiger charge is -2.08. The summed E-state index contributed by atoms with van der Waals surface area (Å²) >= 11 is 5.69. The van der Waals surface area contributed by atoms with Gasteiger partial charge in [0, 0.05) is 0 Å². The van der Waals surface area contributed by atoms with Gasteiger partial charge in [0.25, 0.3) is 10.0 Å². The van der Waals surface area contributed by atoms with Crippen molar-refractivity contribution in [1.82, 2.24) is 10.3 Å². The Hall–Kier alpha value is -1.31. The van der Waals surface area contributed by atoms with E-state index in [2.05, 4.69) is 4.74 Å². The number of benzene rings is 1. The van der Waals surface area contributed by atoms with Gasteiger partial charge in [0.2, 0.25) is 0 Å². The highest BCUT2D eigenvalue weighted by Gasteiger charge is 2.17. The predicted molar refractivity (Wildman–Crippen MR) is 57.3 cm³/mol. The summed E-state index contributed by atoms with van der Waals surface area (Å²) in [5, 5.41) is 0.0571. The molecule has 0 atom stereocenters. The van der Waals surface area contributed by atoms with E-state index in [0.29, 0.717) is 0 Å². The molecule has 1 aromatic carbocycles. The molecule has 0 aliphatic heterocycles. The van der Waals surface area contributed by atoms with Crippen LogP contribution in [0.2, 0.25) is 5.02 Å². The molecule has 0 aromatic heterocycles. The van der Waals surface area contributed by atoms with Crippen LogP contribution in [0.5, 0.6) is 0 Å². The van der Waals surface area contributed by atoms with Crippen molar-refractivity contribution in [2.75, 3.05) is 7.11 Å². The van der Waals surface area contributed by atoms with Crippen LogP contribution in [-0.2, 0) is 14.8 Å². The van der Waals surface area contributed by atoms with E-state index in [1.807, 2.05) is 10.3 Å². The lowest BCUT2D eigenvalue weighted by atomic mass is 10.4. The molecule has 1 rings (SSSR count). The molecule has 0 spiro atoms. The van der Waals surface area contributed by atoms with Crippen LogP contribution in [0.4, 0.5) is 4.79 Å². The summed E-state index contributed by atoms with van der Waals surface area (Å²) in [6.45, 7) is 0. The second-order valence-corrected chi connectivity index (χ2v) is 4.71. The van der Waals surface area contributed by atoms with Crippen LogP contribution in [0.25, 0.3) is 0 Å². The van der Waals surface area contributed by atoms with Gasteiger partial charge < -0.3 is 4.74 Å². The maximum atomic E-state index is 11.6. The first-order chi connectivity index (χ1) is 7.47. The van der Waals surface area contributed by atoms with E-state index in [4.69, 9.17) is 11.6 Å². The van der Waals surface area contributed by atoms with Crippen LogP contribution in [-0.4, -0.2) is 21.6 Å². The van der Waals surface area contributed by atoms with Gasteiger partial charge in [-0.15, -0.1) is 4.83 Å². The lowest BCUT2D eigenvalue weighted by Crippen LogP contribution is -2.41. The molecule has 0 unspecified atom stereocenters. The fourth-order valence-corrected chi connectivity index (χ4v) is 2.23. The number of carbonyl (C=O) groups is 1. The zero-order valence-electron chi connectivity index (χ0n) is 8.23. The maximum absolute atomic E-state index is 11.6. The van der Waals surface area contributed by atoms with Crippen molar-refractivity contribution in [2.45, 2.75) is 4.90 Å². The average molecular weight is 265 g/mol. The van der Waals surface area contributed by atoms with Crippen molar-refractivity contribution in [3.8, 4) is 0 Å². The van der Waals surface area contributed by atoms with Gasteiger partial charge in [-0.05, 0) is 12.1 Å². The van der Waals surface area contributed by atoms with Crippen molar-refractivity contribution in [3.05, 3.63) is 29.3 Å². The summed E-state index contributed by atoms with van der Waals surface area (Å²) in [6, 6.07) is 5.84. The molecule has 8 heteroatoms. The Morgan fingerprint density at radius 1 is 1.38 bits per heavy atom. The van der Waals surface area contributed by atoms with Crippen molar-refractivity contribution in [2.24, 2.45) is 0 Å². The molecule has 6 nitrogen and oxygen atoms in total. The molecule has 0 radical (unpaired) electrons. The Kier molecular flexibility index (Phi) is 4.11. The fourth-order valence-electron chi connectivity index (χ4n) is 0.878. The van der Waals surface area contributed by atoms with Crippen LogP contribution >= 0.6 is 11.6 Å². The summed E-state index contributed by atoms with van der Waals surface area (Å²) in [5.74, 6) is 0. The van der Waals surface area contributed by atoms with E-state index in [-0.39, 0.29) is 9.92 Å². The Morgan fingerprint density at radius 3 is 2.56 bits per heavy atom. The molecule has 1 aromatic rings. The molecular weight excluding hydrogens is 256 g/mol. The van der Waals surface area contributed by atoms with Crippen molar-refractivity contribution >= 4 is 27.7 Å². The van der Waals surface area contributed by atoms with Crippen molar-refractivity contribution in [1.29, 1.82) is 0 Å². The Morgan fingerprint density at radius 2 is 2.00 bits per heavy atom. The van der Waals surface area contributed by atoms with Gasteiger partial charge >= 0.3 is 6.09 Å². The van der Waals surface area contributed by atoms with E-state index < -0.39 is 16.1 Å². The summed E-state index contributed by atoms with van der Waals surface area (Å²) in [4.78, 5) is 12.4. The highest BCUT2D eigenvalue weighted by molar-refractivity contribution is 7.89. The summed E-state index contributed by atoms with van der Waals surface area (Å²) in [7, 11) is -2.78. The number of ether oxygens (including phenoxy) is 1. The lowest BCUT2D eigenvalue weighted by molar-refractivity contribution is 0.169. The topological polar surface area (TPSA) is 84.5 Å². The third kappa shape index (κ3) is 3.09. The summed E-state index contributed by atoms with van der Waals surface area (Å²) < 4.78 is 27.4. The number of rotatable bonds is 3. The highest BCUT2D eigenvalue weighted by atomic mass is 35.5. The van der Waals surface area contributed by atoms with E-state index in [1.165, 1.54) is 18.2 Å². The standard InChI is InChI=1S/C8H9ClN2O4S/c1-15-8(12)10-11-16(13,14)7-5-3-2-4-6(7)9/h2-5,11H,1H3,(H,10,12). The van der Waals surface area contributed by atoms with Crippen LogP contribution in [0, 0.1) is 0 Å². The van der Waals surface area contributed by atoms with Gasteiger partial charge in [0.05, 0.1) is 12.1 Å². The molecule has 0 bridgehead atoms. The average Bonchev–Trinajstić information content (AvgIpc) is 2.26. The van der Waals surface area contributed by atoms with Gasteiger partial charge in [0.15, 0.2) is 0 Å². The van der Waals surface area contributed by atoms with Crippen molar-refractivity contribution < 1.29 is 17.9 Å². The zero-order valence-corrected chi connectivity index (χ0v) is 9.80. The number of carbonyl (C=O) groups excluding carboxylic acids is 1. The van der Waals surface area contributed by atoms with Crippen LogP contribution in [0.3, 0.4) is 0 Å². The monoisotopic (exact) mass is 264 g/mol. The van der Waals surface area contributed by atoms with E-state index in [1.54, 1.807) is 6.07 Å². The molecular formula is C8H9ClN2O4S. The molecule has 16 heavy (non-hydrogen) atoms. The number of hydrogen-bond acceptors (Lipinski definition) is 4. The molecule has 2 N–H and O–H groups in total. The largest absolute Gasteiger partial charge is 0.452 e. The first-order valence-electron chi connectivity index (χ1n) is 4.07. The third-order valence-electron chi connectivity index (χ3n) is 1.60. The number of sulfonamides is 1. The van der Waals surface area contributed by atoms with Crippen LogP contribution < -0.4 is 10.3 Å². The maximum Gasteiger partial charge on any atom is 0.422 e. The van der Waals surface area contributed by atoms with Crippen LogP contribution in [0.1, 0.15) is 0 Å². The predicted octanol–water partition coefficient (Wildman–Crippen LogP) is 0.889. The second-order valence-electron chi connectivity index (χ2n) is 2.65. The normalized spacial score (nSPS) is 10.9. The van der Waals surface area contributed by atoms with E-state index >= 15 is 0 Å². The molecule has 1 amide bonds. The van der Waals surface area contributed by atoms with E-state index in [0.717, 1.165) is 7.11 Å². The van der Waals surface area contributed by atoms with Gasteiger partial charge in [-0.3, -0.25) is 0 Å². The number of amides is 1. The molecule has 88 valence electrons. The number of methoxy groups -OCH3 is 1. The molecule has 0 heterocycles. The Balaban J connectivity index is 2.87. The minimum atomic E-state index is -3.89. The number of halogens is 1. The second kappa shape index (κ2) is 5.15. The summed E-state index contributed by atoms with van der Waals surface area (Å²) in [5.41, 5.74) is 1.84. The third-order valence-corrected chi connectivity index (χ3v) is 3.35. The smallest absolute Gasteiger partial charge is 0.422 e. The Bertz CT molecular complexity index is 489. The van der Waals surface area contributed by atoms with E-state index in [9.17, 15) is 13.2 Å². The van der Waals surface area contributed by atoms with Crippen molar-refractivity contribution in [3.63, 3.8) is 0 Å².